The Morgan fingerprint density at radius 3 is 2.81 bits per heavy atom. The van der Waals surface area contributed by atoms with Gasteiger partial charge in [-0.15, -0.1) is 0 Å². The van der Waals surface area contributed by atoms with Crippen LogP contribution in [0.5, 0.6) is 5.75 Å². The maximum absolute atomic E-state index is 13.3. The molecule has 0 unspecified atom stereocenters. The number of aromatic nitrogens is 3. The average Bonchev–Trinajstić information content (AvgIpc) is 3.45. The van der Waals surface area contributed by atoms with E-state index >= 15 is 0 Å². The molecule has 31 heavy (non-hydrogen) atoms. The Hall–Kier alpha value is -4.14. The van der Waals surface area contributed by atoms with Gasteiger partial charge in [0, 0.05) is 18.2 Å². The lowest BCUT2D eigenvalue weighted by atomic mass is 10.0. The van der Waals surface area contributed by atoms with Crippen molar-refractivity contribution in [2.75, 3.05) is 26.5 Å². The first-order valence-electron chi connectivity index (χ1n) is 9.61. The average molecular weight is 417 g/mol. The SMILES string of the molecule is COC(=O)c1ccc2c(c1)OC[C@H]2N(C)C(=O)c1ccc2nc(N)c3cncn3c2c1. The van der Waals surface area contributed by atoms with E-state index < -0.39 is 5.97 Å². The summed E-state index contributed by atoms with van der Waals surface area (Å²) in [5, 5.41) is 0. The highest BCUT2D eigenvalue weighted by Crippen LogP contribution is 2.37. The lowest BCUT2D eigenvalue weighted by molar-refractivity contribution is 0.0600. The normalized spacial score (nSPS) is 15.0. The zero-order valence-corrected chi connectivity index (χ0v) is 16.9. The number of rotatable bonds is 3. The number of fused-ring (bicyclic) bond motifs is 4. The number of likely N-dealkylation sites (N-methyl/N-ethyl adjacent to an activating group) is 1. The quantitative estimate of drug-likeness (QED) is 0.510. The highest BCUT2D eigenvalue weighted by atomic mass is 16.5. The van der Waals surface area contributed by atoms with Crippen molar-refractivity contribution in [3.05, 3.63) is 65.6 Å². The number of nitrogens with two attached hydrogens (primary N) is 1. The van der Waals surface area contributed by atoms with Gasteiger partial charge >= 0.3 is 5.97 Å². The van der Waals surface area contributed by atoms with Crippen molar-refractivity contribution in [1.29, 1.82) is 0 Å². The zero-order valence-electron chi connectivity index (χ0n) is 16.9. The van der Waals surface area contributed by atoms with E-state index in [2.05, 4.69) is 9.97 Å². The predicted molar refractivity (Wildman–Crippen MR) is 113 cm³/mol. The van der Waals surface area contributed by atoms with E-state index in [0.717, 1.165) is 11.1 Å². The van der Waals surface area contributed by atoms with Gasteiger partial charge in [-0.2, -0.15) is 0 Å². The van der Waals surface area contributed by atoms with Crippen LogP contribution in [0.2, 0.25) is 0 Å². The minimum Gasteiger partial charge on any atom is -0.491 e. The van der Waals surface area contributed by atoms with Crippen molar-refractivity contribution >= 4 is 34.2 Å². The molecular formula is C22H19N5O4. The number of imidazole rings is 1. The Morgan fingerprint density at radius 1 is 1.19 bits per heavy atom. The molecule has 5 rings (SSSR count). The lowest BCUT2D eigenvalue weighted by Gasteiger charge is -2.24. The van der Waals surface area contributed by atoms with Crippen LogP contribution in [-0.4, -0.2) is 51.9 Å². The van der Waals surface area contributed by atoms with Gasteiger partial charge in [0.2, 0.25) is 0 Å². The highest BCUT2D eigenvalue weighted by molar-refractivity contribution is 5.98. The van der Waals surface area contributed by atoms with Gasteiger partial charge in [-0.1, -0.05) is 6.07 Å². The maximum atomic E-state index is 13.3. The van der Waals surface area contributed by atoms with E-state index in [4.69, 9.17) is 15.2 Å². The number of hydrogen-bond acceptors (Lipinski definition) is 7. The number of carbonyl (C=O) groups is 2. The first kappa shape index (κ1) is 18.9. The number of amides is 1. The van der Waals surface area contributed by atoms with Crippen molar-refractivity contribution in [3.8, 4) is 5.75 Å². The summed E-state index contributed by atoms with van der Waals surface area (Å²) in [7, 11) is 3.06. The second kappa shape index (κ2) is 6.98. The number of methoxy groups -OCH3 is 1. The topological polar surface area (TPSA) is 112 Å². The van der Waals surface area contributed by atoms with Gasteiger partial charge in [-0.05, 0) is 30.3 Å². The van der Waals surface area contributed by atoms with E-state index in [1.54, 1.807) is 60.9 Å². The summed E-state index contributed by atoms with van der Waals surface area (Å²) >= 11 is 0. The summed E-state index contributed by atoms with van der Waals surface area (Å²) in [6.07, 6.45) is 3.28. The van der Waals surface area contributed by atoms with Crippen LogP contribution in [0.3, 0.4) is 0 Å². The van der Waals surface area contributed by atoms with Crippen LogP contribution >= 0.6 is 0 Å². The van der Waals surface area contributed by atoms with Crippen molar-refractivity contribution in [1.82, 2.24) is 19.3 Å². The largest absolute Gasteiger partial charge is 0.491 e. The highest BCUT2D eigenvalue weighted by Gasteiger charge is 2.31. The fourth-order valence-electron chi connectivity index (χ4n) is 3.91. The Morgan fingerprint density at radius 2 is 2.00 bits per heavy atom. The van der Waals surface area contributed by atoms with Gasteiger partial charge in [-0.25, -0.2) is 14.8 Å². The summed E-state index contributed by atoms with van der Waals surface area (Å²) in [5.41, 5.74) is 9.85. The molecule has 2 N–H and O–H groups in total. The third-order valence-electron chi connectivity index (χ3n) is 5.60. The van der Waals surface area contributed by atoms with E-state index in [0.29, 0.717) is 40.3 Å². The Balaban J connectivity index is 1.48. The molecule has 9 nitrogen and oxygen atoms in total. The minimum atomic E-state index is -0.435. The Labute approximate surface area is 177 Å². The number of nitrogen functional groups attached to an aromatic ring is 1. The molecule has 0 aliphatic carbocycles. The van der Waals surface area contributed by atoms with E-state index in [-0.39, 0.29) is 11.9 Å². The molecule has 1 atom stereocenters. The number of hydrogen-bond donors (Lipinski definition) is 1. The van der Waals surface area contributed by atoms with E-state index in [1.807, 2.05) is 4.40 Å². The summed E-state index contributed by atoms with van der Waals surface area (Å²) in [4.78, 5) is 35.2. The summed E-state index contributed by atoms with van der Waals surface area (Å²) in [6, 6.07) is 10.1. The van der Waals surface area contributed by atoms with E-state index in [9.17, 15) is 9.59 Å². The molecule has 0 saturated carbocycles. The lowest BCUT2D eigenvalue weighted by Crippen LogP contribution is -2.32. The number of ether oxygens (including phenoxy) is 2. The van der Waals surface area contributed by atoms with Crippen LogP contribution in [0, 0.1) is 0 Å². The van der Waals surface area contributed by atoms with Crippen LogP contribution in [0.1, 0.15) is 32.3 Å². The smallest absolute Gasteiger partial charge is 0.337 e. The van der Waals surface area contributed by atoms with Crippen molar-refractivity contribution in [2.45, 2.75) is 6.04 Å². The standard InChI is InChI=1S/C22H19N5O4/c1-26(18-10-31-19-8-13(22(29)30-2)3-5-14(18)19)21(28)12-4-6-15-16(7-12)27-11-24-9-17(27)20(23)25-15/h3-9,11,18H,10H2,1-2H3,(H2,23,25)/t18-/m1/s1. The van der Waals surface area contributed by atoms with Crippen LogP contribution < -0.4 is 10.5 Å². The molecule has 0 saturated heterocycles. The fourth-order valence-corrected chi connectivity index (χ4v) is 3.91. The van der Waals surface area contributed by atoms with Crippen molar-refractivity contribution in [3.63, 3.8) is 0 Å². The van der Waals surface area contributed by atoms with Gasteiger partial charge in [0.25, 0.3) is 5.91 Å². The molecule has 4 aromatic rings. The van der Waals surface area contributed by atoms with Crippen molar-refractivity contribution < 1.29 is 19.1 Å². The van der Waals surface area contributed by atoms with Crippen LogP contribution in [0.4, 0.5) is 5.82 Å². The van der Waals surface area contributed by atoms with Gasteiger partial charge in [0.15, 0.2) is 0 Å². The molecule has 1 aliphatic heterocycles. The predicted octanol–water partition coefficient (Wildman–Crippen LogP) is 2.46. The molecule has 0 radical (unpaired) electrons. The third kappa shape index (κ3) is 2.93. The Bertz CT molecular complexity index is 1360. The molecule has 0 spiro atoms. The van der Waals surface area contributed by atoms with Crippen molar-refractivity contribution in [2.24, 2.45) is 0 Å². The molecule has 1 amide bonds. The molecule has 1 aliphatic rings. The van der Waals surface area contributed by atoms with Crippen LogP contribution in [0.15, 0.2) is 48.9 Å². The summed E-state index contributed by atoms with van der Waals surface area (Å²) in [6.45, 7) is 0.305. The van der Waals surface area contributed by atoms with Gasteiger partial charge in [-0.3, -0.25) is 9.20 Å². The molecule has 9 heteroatoms. The maximum Gasteiger partial charge on any atom is 0.337 e. The molecule has 2 aromatic carbocycles. The summed E-state index contributed by atoms with van der Waals surface area (Å²) < 4.78 is 12.3. The fraction of sp³-hybridized carbons (Fsp3) is 0.182. The van der Waals surface area contributed by atoms with Gasteiger partial charge in [0.1, 0.15) is 23.7 Å². The van der Waals surface area contributed by atoms with E-state index in [1.165, 1.54) is 7.11 Å². The van der Waals surface area contributed by atoms with Gasteiger partial charge in [0.05, 0.1) is 42.3 Å². The number of esters is 1. The number of benzene rings is 2. The molecule has 2 aromatic heterocycles. The van der Waals surface area contributed by atoms with Gasteiger partial charge < -0.3 is 20.1 Å². The molecule has 156 valence electrons. The third-order valence-corrected chi connectivity index (χ3v) is 5.60. The zero-order chi connectivity index (χ0) is 21.7. The molecule has 0 fully saturated rings. The molecular weight excluding hydrogens is 398 g/mol. The second-order valence-electron chi connectivity index (χ2n) is 7.34. The summed E-state index contributed by atoms with van der Waals surface area (Å²) in [5.74, 6) is 0.360. The number of carbonyl (C=O) groups excluding carboxylic acids is 2. The minimum absolute atomic E-state index is 0.162. The Kier molecular flexibility index (Phi) is 4.25. The first-order valence-corrected chi connectivity index (χ1v) is 9.61. The second-order valence-corrected chi connectivity index (χ2v) is 7.34. The first-order chi connectivity index (χ1) is 15.0. The molecule has 3 heterocycles. The number of anilines is 1. The monoisotopic (exact) mass is 417 g/mol. The van der Waals surface area contributed by atoms with Crippen LogP contribution in [-0.2, 0) is 4.74 Å². The molecule has 0 bridgehead atoms. The number of nitrogens with zero attached hydrogens (tertiary/aromatic N) is 4. The van der Waals surface area contributed by atoms with Crippen LogP contribution in [0.25, 0.3) is 16.6 Å².